The Hall–Kier alpha value is -2.52. The van der Waals surface area contributed by atoms with Crippen molar-refractivity contribution in [3.8, 4) is 0 Å². The van der Waals surface area contributed by atoms with Crippen molar-refractivity contribution in [3.63, 3.8) is 0 Å². The Balaban J connectivity index is 2.16. The predicted octanol–water partition coefficient (Wildman–Crippen LogP) is -0.0670. The van der Waals surface area contributed by atoms with E-state index in [1.54, 1.807) is 14.0 Å². The molecule has 1 fully saturated rings. The zero-order chi connectivity index (χ0) is 18.6. The zero-order valence-corrected chi connectivity index (χ0v) is 14.1. The van der Waals surface area contributed by atoms with Crippen molar-refractivity contribution in [1.82, 2.24) is 4.90 Å². The number of nitrogens with one attached hydrogen (secondary N) is 1. The highest BCUT2D eigenvalue weighted by Crippen LogP contribution is 2.24. The number of nitrogens with two attached hydrogens (primary N) is 1. The minimum atomic E-state index is -1.16. The highest BCUT2D eigenvalue weighted by Gasteiger charge is 2.28. The Morgan fingerprint density at radius 1 is 1.48 bits per heavy atom. The molecule has 2 rings (SSSR count). The molecule has 1 saturated heterocycles. The van der Waals surface area contributed by atoms with E-state index >= 15 is 0 Å². The molecule has 0 aliphatic carbocycles. The van der Waals surface area contributed by atoms with Crippen molar-refractivity contribution >= 4 is 29.1 Å². The van der Waals surface area contributed by atoms with Crippen LogP contribution in [0.5, 0.6) is 0 Å². The fourth-order valence-corrected chi connectivity index (χ4v) is 2.52. The molecule has 25 heavy (non-hydrogen) atoms. The fraction of sp³-hybridized carbons (Fsp3) is 0.438. The maximum Gasteiger partial charge on any atom is 0.253 e. The van der Waals surface area contributed by atoms with E-state index in [2.05, 4.69) is 5.32 Å². The van der Waals surface area contributed by atoms with Crippen LogP contribution in [0.1, 0.15) is 6.92 Å². The quantitative estimate of drug-likeness (QED) is 0.698. The second-order valence-electron chi connectivity index (χ2n) is 5.63. The van der Waals surface area contributed by atoms with Gasteiger partial charge in [0.1, 0.15) is 12.4 Å². The molecule has 1 aliphatic rings. The van der Waals surface area contributed by atoms with Gasteiger partial charge in [0.25, 0.3) is 11.8 Å². The third kappa shape index (κ3) is 4.31. The zero-order valence-electron chi connectivity index (χ0n) is 14.1. The van der Waals surface area contributed by atoms with Crippen molar-refractivity contribution in [3.05, 3.63) is 24.0 Å². The number of amides is 3. The van der Waals surface area contributed by atoms with E-state index in [9.17, 15) is 18.8 Å². The summed E-state index contributed by atoms with van der Waals surface area (Å²) in [6, 6.07) is 2.80. The molecule has 0 radical (unpaired) electrons. The van der Waals surface area contributed by atoms with Gasteiger partial charge < -0.3 is 20.7 Å². The van der Waals surface area contributed by atoms with Gasteiger partial charge >= 0.3 is 0 Å². The lowest BCUT2D eigenvalue weighted by Crippen LogP contribution is -2.50. The molecule has 0 unspecified atom stereocenters. The average Bonchev–Trinajstić information content (AvgIpc) is 2.55. The molecular formula is C16H21FN4O4. The molecular weight excluding hydrogens is 331 g/mol. The Morgan fingerprint density at radius 3 is 2.76 bits per heavy atom. The number of carbonyl (C=O) groups is 3. The molecule has 1 aromatic rings. The number of hydrogen-bond donors (Lipinski definition) is 2. The summed E-state index contributed by atoms with van der Waals surface area (Å²) < 4.78 is 19.4. The predicted molar refractivity (Wildman–Crippen MR) is 89.5 cm³/mol. The standard InChI is InChI=1S/C16H21FN4O4/c1-3-20(2)14(15(18)23)16(24)19-10-4-5-12(11(17)8-10)21-6-7-25-9-13(21)22/h4-5,8,14H,3,6-7,9H2,1-2H3,(H2,18,23)(H,19,24)/t14-/m0/s1. The molecule has 1 aliphatic heterocycles. The van der Waals surface area contributed by atoms with Crippen molar-refractivity contribution in [2.24, 2.45) is 5.73 Å². The van der Waals surface area contributed by atoms with Crippen LogP contribution < -0.4 is 16.0 Å². The van der Waals surface area contributed by atoms with E-state index in [0.29, 0.717) is 13.2 Å². The van der Waals surface area contributed by atoms with Gasteiger partial charge in [0.05, 0.1) is 12.3 Å². The SMILES string of the molecule is CCN(C)[C@@H](C(N)=O)C(=O)Nc1ccc(N2CCOCC2=O)c(F)c1. The first kappa shape index (κ1) is 18.8. The van der Waals surface area contributed by atoms with Crippen molar-refractivity contribution < 1.29 is 23.5 Å². The van der Waals surface area contributed by atoms with Gasteiger partial charge in [-0.2, -0.15) is 0 Å². The van der Waals surface area contributed by atoms with Crippen LogP contribution in [-0.2, 0) is 19.1 Å². The molecule has 1 aromatic carbocycles. The van der Waals surface area contributed by atoms with E-state index in [4.69, 9.17) is 10.5 Å². The summed E-state index contributed by atoms with van der Waals surface area (Å²) in [5.41, 5.74) is 5.55. The summed E-state index contributed by atoms with van der Waals surface area (Å²) in [7, 11) is 1.59. The maximum absolute atomic E-state index is 14.4. The number of anilines is 2. The van der Waals surface area contributed by atoms with Gasteiger partial charge in [0, 0.05) is 12.2 Å². The minimum Gasteiger partial charge on any atom is -0.370 e. The minimum absolute atomic E-state index is 0.0957. The number of rotatable bonds is 6. The highest BCUT2D eigenvalue weighted by molar-refractivity contribution is 6.09. The van der Waals surface area contributed by atoms with Crippen LogP contribution in [-0.4, -0.2) is 62.0 Å². The van der Waals surface area contributed by atoms with Crippen LogP contribution in [0, 0.1) is 5.82 Å². The van der Waals surface area contributed by atoms with Gasteiger partial charge in [-0.25, -0.2) is 4.39 Å². The Bertz CT molecular complexity index is 682. The van der Waals surface area contributed by atoms with Crippen LogP contribution in [0.3, 0.4) is 0 Å². The van der Waals surface area contributed by atoms with Gasteiger partial charge in [0.15, 0.2) is 6.04 Å². The third-order valence-corrected chi connectivity index (χ3v) is 3.95. The molecule has 0 aromatic heterocycles. The van der Waals surface area contributed by atoms with E-state index in [1.165, 1.54) is 21.9 Å². The molecule has 3 amide bonds. The van der Waals surface area contributed by atoms with Crippen LogP contribution in [0.2, 0.25) is 0 Å². The van der Waals surface area contributed by atoms with E-state index in [1.807, 2.05) is 0 Å². The fourth-order valence-electron chi connectivity index (χ4n) is 2.52. The first-order valence-corrected chi connectivity index (χ1v) is 7.83. The summed E-state index contributed by atoms with van der Waals surface area (Å²) in [6.45, 7) is 2.70. The Labute approximate surface area is 144 Å². The van der Waals surface area contributed by atoms with Gasteiger partial charge in [-0.3, -0.25) is 19.3 Å². The van der Waals surface area contributed by atoms with Gasteiger partial charge in [-0.1, -0.05) is 6.92 Å². The summed E-state index contributed by atoms with van der Waals surface area (Å²) in [6.07, 6.45) is 0. The number of carbonyl (C=O) groups excluding carboxylic acids is 3. The number of nitrogens with zero attached hydrogens (tertiary/aromatic N) is 2. The molecule has 0 saturated carbocycles. The summed E-state index contributed by atoms with van der Waals surface area (Å²) >= 11 is 0. The lowest BCUT2D eigenvalue weighted by molar-refractivity contribution is -0.131. The first-order chi connectivity index (χ1) is 11.8. The van der Waals surface area contributed by atoms with Gasteiger partial charge in [-0.05, 0) is 31.8 Å². The molecule has 1 heterocycles. The first-order valence-electron chi connectivity index (χ1n) is 7.83. The molecule has 3 N–H and O–H groups in total. The van der Waals surface area contributed by atoms with E-state index < -0.39 is 23.7 Å². The van der Waals surface area contributed by atoms with Crippen molar-refractivity contribution in [2.45, 2.75) is 13.0 Å². The van der Waals surface area contributed by atoms with Gasteiger partial charge in [0.2, 0.25) is 5.91 Å². The molecule has 8 nitrogen and oxygen atoms in total. The number of halogens is 1. The highest BCUT2D eigenvalue weighted by atomic mass is 19.1. The van der Waals surface area contributed by atoms with Crippen molar-refractivity contribution in [1.29, 1.82) is 0 Å². The second-order valence-corrected chi connectivity index (χ2v) is 5.63. The van der Waals surface area contributed by atoms with Crippen LogP contribution in [0.15, 0.2) is 18.2 Å². The molecule has 136 valence electrons. The van der Waals surface area contributed by atoms with Crippen molar-refractivity contribution in [2.75, 3.05) is 43.6 Å². The van der Waals surface area contributed by atoms with E-state index in [-0.39, 0.29) is 30.4 Å². The van der Waals surface area contributed by atoms with Crippen LogP contribution in [0.25, 0.3) is 0 Å². The van der Waals surface area contributed by atoms with Gasteiger partial charge in [-0.15, -0.1) is 0 Å². The van der Waals surface area contributed by atoms with E-state index in [0.717, 1.165) is 6.07 Å². The molecule has 0 spiro atoms. The number of hydrogen-bond acceptors (Lipinski definition) is 5. The number of ether oxygens (including phenoxy) is 1. The van der Waals surface area contributed by atoms with Crippen LogP contribution >= 0.6 is 0 Å². The normalized spacial score (nSPS) is 16.0. The molecule has 9 heteroatoms. The summed E-state index contributed by atoms with van der Waals surface area (Å²) in [5, 5.41) is 2.47. The maximum atomic E-state index is 14.4. The summed E-state index contributed by atoms with van der Waals surface area (Å²) in [4.78, 5) is 38.3. The Morgan fingerprint density at radius 2 is 2.20 bits per heavy atom. The lowest BCUT2D eigenvalue weighted by atomic mass is 10.2. The molecule has 0 bridgehead atoms. The summed E-state index contributed by atoms with van der Waals surface area (Å²) in [5.74, 6) is -2.43. The largest absolute Gasteiger partial charge is 0.370 e. The smallest absolute Gasteiger partial charge is 0.253 e. The second kappa shape index (κ2) is 8.04. The number of primary amides is 1. The Kier molecular flexibility index (Phi) is 6.05. The number of morpholine rings is 1. The topological polar surface area (TPSA) is 105 Å². The third-order valence-electron chi connectivity index (χ3n) is 3.95. The monoisotopic (exact) mass is 352 g/mol. The average molecular weight is 352 g/mol. The number of benzene rings is 1. The van der Waals surface area contributed by atoms with Crippen LogP contribution in [0.4, 0.5) is 15.8 Å². The lowest BCUT2D eigenvalue weighted by Gasteiger charge is -2.27. The molecule has 1 atom stereocenters. The number of likely N-dealkylation sites (N-methyl/N-ethyl adjacent to an activating group) is 1.